The van der Waals surface area contributed by atoms with Crippen LogP contribution < -0.4 is 10.6 Å². The van der Waals surface area contributed by atoms with Gasteiger partial charge in [-0.1, -0.05) is 29.5 Å². The lowest BCUT2D eigenvalue weighted by atomic mass is 9.90. The number of benzene rings is 2. The lowest BCUT2D eigenvalue weighted by Gasteiger charge is -2.22. The summed E-state index contributed by atoms with van der Waals surface area (Å²) in [5.41, 5.74) is 7.81. The average molecular weight is 426 g/mol. The third-order valence-corrected chi connectivity index (χ3v) is 5.82. The van der Waals surface area contributed by atoms with Crippen LogP contribution in [0.2, 0.25) is 0 Å². The molecule has 0 bridgehead atoms. The van der Waals surface area contributed by atoms with E-state index >= 15 is 0 Å². The van der Waals surface area contributed by atoms with Gasteiger partial charge in [-0.3, -0.25) is 0 Å². The molecule has 2 N–H and O–H groups in total. The minimum absolute atomic E-state index is 0. The maximum Gasteiger partial charge on any atom is 0.125 e. The van der Waals surface area contributed by atoms with Crippen molar-refractivity contribution in [3.05, 3.63) is 71.2 Å². The Labute approximate surface area is 181 Å². The smallest absolute Gasteiger partial charge is 0.125 e. The summed E-state index contributed by atoms with van der Waals surface area (Å²) in [6.45, 7) is 4.68. The molecule has 5 rings (SSSR count). The molecule has 0 aliphatic carbocycles. The van der Waals surface area contributed by atoms with Crippen molar-refractivity contribution < 1.29 is 4.39 Å². The number of fused-ring (bicyclic) bond motifs is 3. The molecule has 0 saturated heterocycles. The molecule has 5 nitrogen and oxygen atoms in total. The van der Waals surface area contributed by atoms with E-state index < -0.39 is 0 Å². The number of rotatable bonds is 3. The van der Waals surface area contributed by atoms with E-state index in [1.54, 1.807) is 12.1 Å². The SMILES string of the molecule is Cc1nnn2c1-c1ccc(C3=CCNCC3)cc1C(Nc1cccc(F)c1)CC2.Cl. The minimum atomic E-state index is -0.231. The molecule has 2 aliphatic rings. The van der Waals surface area contributed by atoms with Gasteiger partial charge in [-0.2, -0.15) is 0 Å². The van der Waals surface area contributed by atoms with Crippen molar-refractivity contribution in [1.82, 2.24) is 20.3 Å². The highest BCUT2D eigenvalue weighted by atomic mass is 35.5. The van der Waals surface area contributed by atoms with Crippen LogP contribution in [0, 0.1) is 12.7 Å². The van der Waals surface area contributed by atoms with Gasteiger partial charge in [0.1, 0.15) is 5.82 Å². The van der Waals surface area contributed by atoms with E-state index in [0.717, 1.165) is 55.1 Å². The molecule has 2 aromatic carbocycles. The van der Waals surface area contributed by atoms with Gasteiger partial charge in [0.15, 0.2) is 0 Å². The first kappa shape index (κ1) is 20.6. The monoisotopic (exact) mass is 425 g/mol. The molecule has 0 amide bonds. The molecule has 156 valence electrons. The maximum absolute atomic E-state index is 13.7. The number of aromatic nitrogens is 3. The van der Waals surface area contributed by atoms with Crippen LogP contribution in [0.25, 0.3) is 16.8 Å². The molecular formula is C23H25ClFN5. The van der Waals surface area contributed by atoms with E-state index in [2.05, 4.69) is 45.2 Å². The molecule has 1 unspecified atom stereocenters. The zero-order valence-electron chi connectivity index (χ0n) is 16.9. The van der Waals surface area contributed by atoms with Gasteiger partial charge in [-0.05, 0) is 67.3 Å². The number of aryl methyl sites for hydroxylation is 2. The van der Waals surface area contributed by atoms with Crippen LogP contribution in [0.1, 0.15) is 35.7 Å². The van der Waals surface area contributed by atoms with Crippen LogP contribution in [-0.2, 0) is 6.54 Å². The van der Waals surface area contributed by atoms with Crippen molar-refractivity contribution in [2.75, 3.05) is 18.4 Å². The lowest BCUT2D eigenvalue weighted by molar-refractivity contribution is 0.539. The number of hydrogen-bond acceptors (Lipinski definition) is 4. The van der Waals surface area contributed by atoms with Gasteiger partial charge in [0.2, 0.25) is 0 Å². The van der Waals surface area contributed by atoms with E-state index in [0.29, 0.717) is 0 Å². The second kappa shape index (κ2) is 8.58. The van der Waals surface area contributed by atoms with Crippen molar-refractivity contribution in [2.24, 2.45) is 0 Å². The Morgan fingerprint density at radius 3 is 2.90 bits per heavy atom. The Morgan fingerprint density at radius 1 is 1.20 bits per heavy atom. The molecule has 3 aromatic rings. The standard InChI is InChI=1S/C23H24FN5.ClH/c1-15-23-20-6-5-17(16-7-10-25-11-8-16)13-21(20)22(9-12-29(23)28-27-15)26-19-4-2-3-18(24)14-19;/h2-7,13-14,22,25-26H,8-12H2,1H3;1H. The second-order valence-corrected chi connectivity index (χ2v) is 7.73. The normalized spacial score (nSPS) is 17.8. The summed E-state index contributed by atoms with van der Waals surface area (Å²) in [6.07, 6.45) is 4.15. The van der Waals surface area contributed by atoms with Crippen molar-refractivity contribution in [2.45, 2.75) is 32.4 Å². The molecular weight excluding hydrogens is 401 g/mol. The fourth-order valence-electron chi connectivity index (χ4n) is 4.38. The quantitative estimate of drug-likeness (QED) is 0.636. The van der Waals surface area contributed by atoms with Crippen LogP contribution >= 0.6 is 12.4 Å². The van der Waals surface area contributed by atoms with E-state index in [9.17, 15) is 4.39 Å². The highest BCUT2D eigenvalue weighted by Crippen LogP contribution is 2.38. The van der Waals surface area contributed by atoms with Gasteiger partial charge < -0.3 is 10.6 Å². The van der Waals surface area contributed by atoms with Gasteiger partial charge in [0.25, 0.3) is 0 Å². The van der Waals surface area contributed by atoms with E-state index in [4.69, 9.17) is 0 Å². The van der Waals surface area contributed by atoms with Crippen molar-refractivity contribution >= 4 is 23.7 Å². The van der Waals surface area contributed by atoms with Gasteiger partial charge in [0, 0.05) is 24.3 Å². The Kier molecular flexibility index (Phi) is 5.88. The summed E-state index contributed by atoms with van der Waals surface area (Å²) in [4.78, 5) is 0. The first-order chi connectivity index (χ1) is 14.2. The number of hydrogen-bond donors (Lipinski definition) is 2. The molecule has 0 saturated carbocycles. The highest BCUT2D eigenvalue weighted by molar-refractivity contribution is 5.85. The number of nitrogens with one attached hydrogen (secondary N) is 2. The first-order valence-corrected chi connectivity index (χ1v) is 10.2. The van der Waals surface area contributed by atoms with Crippen molar-refractivity contribution in [3.8, 4) is 11.3 Å². The third-order valence-electron chi connectivity index (χ3n) is 5.82. The van der Waals surface area contributed by atoms with E-state index in [1.807, 2.05) is 17.7 Å². The van der Waals surface area contributed by atoms with Crippen LogP contribution in [-0.4, -0.2) is 28.1 Å². The molecule has 30 heavy (non-hydrogen) atoms. The van der Waals surface area contributed by atoms with Crippen LogP contribution in [0.3, 0.4) is 0 Å². The van der Waals surface area contributed by atoms with Crippen LogP contribution in [0.4, 0.5) is 10.1 Å². The fraction of sp³-hybridized carbons (Fsp3) is 0.304. The predicted octanol–water partition coefficient (Wildman–Crippen LogP) is 4.75. The van der Waals surface area contributed by atoms with Gasteiger partial charge in [-0.15, -0.1) is 17.5 Å². The Bertz CT molecular complexity index is 1090. The van der Waals surface area contributed by atoms with E-state index in [1.165, 1.54) is 22.8 Å². The average Bonchev–Trinajstić information content (AvgIpc) is 3.03. The van der Waals surface area contributed by atoms with Crippen LogP contribution in [0.15, 0.2) is 48.5 Å². The summed E-state index contributed by atoms with van der Waals surface area (Å²) >= 11 is 0. The molecule has 7 heteroatoms. The molecule has 0 fully saturated rings. The summed E-state index contributed by atoms with van der Waals surface area (Å²) in [6, 6.07) is 13.4. The number of anilines is 1. The van der Waals surface area contributed by atoms with Gasteiger partial charge in [-0.25, -0.2) is 9.07 Å². The zero-order valence-corrected chi connectivity index (χ0v) is 17.7. The topological polar surface area (TPSA) is 54.8 Å². The number of nitrogens with zero attached hydrogens (tertiary/aromatic N) is 3. The lowest BCUT2D eigenvalue weighted by Crippen LogP contribution is -2.20. The number of halogens is 2. The molecule has 3 heterocycles. The third kappa shape index (κ3) is 3.85. The fourth-order valence-corrected chi connectivity index (χ4v) is 4.38. The Hall–Kier alpha value is -2.70. The Balaban J connectivity index is 0.00000218. The summed E-state index contributed by atoms with van der Waals surface area (Å²) in [5.74, 6) is -0.231. The summed E-state index contributed by atoms with van der Waals surface area (Å²) < 4.78 is 15.7. The molecule has 0 spiro atoms. The van der Waals surface area contributed by atoms with Crippen LogP contribution in [0.5, 0.6) is 0 Å². The first-order valence-electron chi connectivity index (χ1n) is 10.2. The molecule has 0 radical (unpaired) electrons. The summed E-state index contributed by atoms with van der Waals surface area (Å²) in [5, 5.41) is 15.6. The zero-order chi connectivity index (χ0) is 19.8. The van der Waals surface area contributed by atoms with Gasteiger partial charge >= 0.3 is 0 Å². The Morgan fingerprint density at radius 2 is 2.10 bits per heavy atom. The predicted molar refractivity (Wildman–Crippen MR) is 120 cm³/mol. The van der Waals surface area contributed by atoms with Crippen molar-refractivity contribution in [1.29, 1.82) is 0 Å². The molecule has 1 aromatic heterocycles. The van der Waals surface area contributed by atoms with Crippen molar-refractivity contribution in [3.63, 3.8) is 0 Å². The van der Waals surface area contributed by atoms with E-state index in [-0.39, 0.29) is 24.3 Å². The largest absolute Gasteiger partial charge is 0.378 e. The van der Waals surface area contributed by atoms with Gasteiger partial charge in [0.05, 0.1) is 17.4 Å². The second-order valence-electron chi connectivity index (χ2n) is 7.73. The highest BCUT2D eigenvalue weighted by Gasteiger charge is 2.26. The molecule has 2 aliphatic heterocycles. The maximum atomic E-state index is 13.7. The summed E-state index contributed by atoms with van der Waals surface area (Å²) in [7, 11) is 0. The molecule has 1 atom stereocenters. The minimum Gasteiger partial charge on any atom is -0.378 e.